The number of nitrogens with one attached hydrogen (secondary N) is 1. The van der Waals surface area contributed by atoms with E-state index in [0.29, 0.717) is 51.5 Å². The highest BCUT2D eigenvalue weighted by Crippen LogP contribution is 2.49. The number of carbonyl (C=O) groups excluding carboxylic acids is 2. The van der Waals surface area contributed by atoms with Crippen LogP contribution in [0.25, 0.3) is 54.8 Å². The molecule has 2 aromatic heterocycles. The van der Waals surface area contributed by atoms with Gasteiger partial charge in [-0.3, -0.25) is 9.59 Å². The average Bonchev–Trinajstić information content (AvgIpc) is 3.79. The Morgan fingerprint density at radius 3 is 2.59 bits per heavy atom. The van der Waals surface area contributed by atoms with E-state index in [-0.39, 0.29) is 24.6 Å². The Hall–Kier alpha value is -4.77. The van der Waals surface area contributed by atoms with E-state index in [4.69, 9.17) is 9.40 Å². The minimum atomic E-state index is -1.20. The summed E-state index contributed by atoms with van der Waals surface area (Å²) in [5.41, 5.74) is 8.23. The van der Waals surface area contributed by atoms with Gasteiger partial charge in [0, 0.05) is 48.0 Å². The van der Waals surface area contributed by atoms with Crippen LogP contribution in [0.5, 0.6) is 0 Å². The number of aliphatic hydroxyl groups is 1. The Morgan fingerprint density at radius 1 is 1.04 bits per heavy atom. The lowest BCUT2D eigenvalue weighted by Gasteiger charge is -2.24. The van der Waals surface area contributed by atoms with Crippen molar-refractivity contribution in [2.24, 2.45) is 5.92 Å². The van der Waals surface area contributed by atoms with Gasteiger partial charge >= 0.3 is 0 Å². The fourth-order valence-electron chi connectivity index (χ4n) is 8.06. The SMILES string of the molecule is CCC(O)C(=O)N(C)c1cc2oc(C3=CC=C(F)CC3)c(C(=O)NC)c2cc1-c1cc(C2=C(C)CCC3CC=CC=C3S2)cc(-c2nc3c(s2)=C(C)CCC=3)c1. The van der Waals surface area contributed by atoms with Crippen molar-refractivity contribution >= 4 is 73.7 Å². The zero-order valence-electron chi connectivity index (χ0n) is 32.4. The Labute approximate surface area is 334 Å². The number of thioether (sulfide) groups is 1. The van der Waals surface area contributed by atoms with Crippen molar-refractivity contribution in [2.75, 3.05) is 19.0 Å². The van der Waals surface area contributed by atoms with Crippen molar-refractivity contribution < 1.29 is 23.5 Å². The van der Waals surface area contributed by atoms with E-state index in [1.165, 1.54) is 36.5 Å². The van der Waals surface area contributed by atoms with Gasteiger partial charge in [-0.2, -0.15) is 0 Å². The van der Waals surface area contributed by atoms with E-state index >= 15 is 0 Å². The molecule has 8 rings (SSSR count). The number of amides is 2. The molecule has 0 bridgehead atoms. The minimum Gasteiger partial charge on any atom is -0.455 e. The average molecular weight is 788 g/mol. The number of allylic oxidation sites excluding steroid dienone is 9. The number of hydrogen-bond acceptors (Lipinski definition) is 7. The summed E-state index contributed by atoms with van der Waals surface area (Å²) < 4.78 is 21.8. The van der Waals surface area contributed by atoms with Crippen LogP contribution in [0.1, 0.15) is 93.8 Å². The quantitative estimate of drug-likeness (QED) is 0.185. The monoisotopic (exact) mass is 787 g/mol. The van der Waals surface area contributed by atoms with Gasteiger partial charge in [0.25, 0.3) is 11.8 Å². The first-order chi connectivity index (χ1) is 27.0. The number of fused-ring (bicyclic) bond motifs is 3. The van der Waals surface area contributed by atoms with Gasteiger partial charge in [0.15, 0.2) is 0 Å². The molecular weight excluding hydrogens is 742 g/mol. The van der Waals surface area contributed by atoms with Gasteiger partial charge < -0.3 is 19.7 Å². The maximum absolute atomic E-state index is 14.1. The molecule has 0 saturated carbocycles. The topological polar surface area (TPSA) is 95.7 Å². The van der Waals surface area contributed by atoms with Gasteiger partial charge in [0.1, 0.15) is 28.3 Å². The highest BCUT2D eigenvalue weighted by atomic mass is 32.2. The lowest BCUT2D eigenvalue weighted by atomic mass is 9.92. The maximum Gasteiger partial charge on any atom is 0.255 e. The van der Waals surface area contributed by atoms with Crippen LogP contribution in [0, 0.1) is 5.92 Å². The predicted molar refractivity (Wildman–Crippen MR) is 229 cm³/mol. The normalized spacial score (nSPS) is 18.7. The first-order valence-electron chi connectivity index (χ1n) is 19.5. The fourth-order valence-corrected chi connectivity index (χ4v) is 10.4. The Bertz CT molecular complexity index is 2590. The number of anilines is 1. The molecule has 56 heavy (non-hydrogen) atoms. The second-order valence-corrected chi connectivity index (χ2v) is 17.2. The van der Waals surface area contributed by atoms with Crippen LogP contribution < -0.4 is 20.1 Å². The second-order valence-electron chi connectivity index (χ2n) is 15.1. The summed E-state index contributed by atoms with van der Waals surface area (Å²) in [4.78, 5) is 36.7. The van der Waals surface area contributed by atoms with Crippen molar-refractivity contribution in [1.29, 1.82) is 0 Å². The third-order valence-corrected chi connectivity index (χ3v) is 14.1. The van der Waals surface area contributed by atoms with E-state index in [2.05, 4.69) is 61.7 Å². The smallest absolute Gasteiger partial charge is 0.255 e. The van der Waals surface area contributed by atoms with E-state index in [1.807, 2.05) is 17.8 Å². The molecule has 2 aromatic carbocycles. The highest BCUT2D eigenvalue weighted by molar-refractivity contribution is 8.11. The number of halogens is 1. The zero-order valence-corrected chi connectivity index (χ0v) is 34.1. The van der Waals surface area contributed by atoms with Crippen LogP contribution in [-0.2, 0) is 4.79 Å². The molecule has 288 valence electrons. The summed E-state index contributed by atoms with van der Waals surface area (Å²) in [6, 6.07) is 10.3. The Balaban J connectivity index is 1.41. The number of rotatable bonds is 8. The summed E-state index contributed by atoms with van der Waals surface area (Å²) >= 11 is 3.55. The number of furan rings is 1. The lowest BCUT2D eigenvalue weighted by Crippen LogP contribution is -2.36. The Morgan fingerprint density at radius 2 is 1.84 bits per heavy atom. The molecule has 4 aliphatic rings. The molecule has 1 aliphatic heterocycles. The van der Waals surface area contributed by atoms with Gasteiger partial charge in [0.2, 0.25) is 0 Å². The summed E-state index contributed by atoms with van der Waals surface area (Å²) in [7, 11) is 3.24. The number of aliphatic hydroxyl groups excluding tert-OH is 1. The van der Waals surface area contributed by atoms with Gasteiger partial charge in [-0.05, 0) is 117 Å². The van der Waals surface area contributed by atoms with Gasteiger partial charge in [0.05, 0.1) is 21.1 Å². The van der Waals surface area contributed by atoms with Gasteiger partial charge in [-0.25, -0.2) is 9.37 Å². The summed E-state index contributed by atoms with van der Waals surface area (Å²) in [5, 5.41) is 16.1. The molecule has 2 atom stereocenters. The van der Waals surface area contributed by atoms with Crippen molar-refractivity contribution in [1.82, 2.24) is 10.3 Å². The Kier molecular flexibility index (Phi) is 10.6. The maximum atomic E-state index is 14.1. The molecule has 2 N–H and O–H groups in total. The number of carbonyl (C=O) groups is 2. The van der Waals surface area contributed by atoms with Crippen LogP contribution in [0.2, 0.25) is 0 Å². The van der Waals surface area contributed by atoms with Gasteiger partial charge in [-0.15, -0.1) is 11.3 Å². The van der Waals surface area contributed by atoms with Crippen LogP contribution >= 0.6 is 23.1 Å². The number of hydrogen-bond donors (Lipinski definition) is 2. The molecule has 0 radical (unpaired) electrons. The van der Waals surface area contributed by atoms with Crippen LogP contribution in [-0.4, -0.2) is 42.1 Å². The van der Waals surface area contributed by atoms with E-state index in [9.17, 15) is 19.1 Å². The molecule has 2 unspecified atom stereocenters. The molecule has 3 aliphatic carbocycles. The third-order valence-electron chi connectivity index (χ3n) is 11.4. The largest absolute Gasteiger partial charge is 0.455 e. The molecule has 3 heterocycles. The second kappa shape index (κ2) is 15.6. The van der Waals surface area contributed by atoms with Crippen LogP contribution in [0.3, 0.4) is 0 Å². The lowest BCUT2D eigenvalue weighted by molar-refractivity contribution is -0.126. The van der Waals surface area contributed by atoms with Gasteiger partial charge in [-0.1, -0.05) is 60.2 Å². The molecule has 0 saturated heterocycles. The third kappa shape index (κ3) is 7.07. The standard InChI is InChI=1S/C46H46FN3O4S2/c1-6-37(51)46(53)50(5)36-24-38-34(40(44(52)48-4)41(54-38)28-16-18-32(47)19-17-28)23-33(36)29-20-30(42-26(3)14-15-27-11-7-8-13-39(27)55-42)22-31(21-29)45-49-35-12-9-10-25(2)43(35)56-45/h7-8,12-13,16,18,20-24,27,37,51H,6,9-11,14-15,17,19H2,1-5H3,(H,48,52). The molecule has 0 fully saturated rings. The molecule has 7 nitrogen and oxygen atoms in total. The highest BCUT2D eigenvalue weighted by Gasteiger charge is 2.30. The fraction of sp³-hybridized carbons (Fsp3) is 0.326. The van der Waals surface area contributed by atoms with E-state index < -0.39 is 12.0 Å². The first-order valence-corrected chi connectivity index (χ1v) is 21.1. The molecule has 10 heteroatoms. The summed E-state index contributed by atoms with van der Waals surface area (Å²) in [5.74, 6) is -0.140. The number of likely N-dealkylation sites (N-methyl/N-ethyl adjacent to an activating group) is 1. The minimum absolute atomic E-state index is 0.213. The number of aromatic nitrogens is 1. The molecule has 4 aromatic rings. The van der Waals surface area contributed by atoms with Crippen LogP contribution in [0.15, 0.2) is 81.4 Å². The van der Waals surface area contributed by atoms with Crippen molar-refractivity contribution in [3.63, 3.8) is 0 Å². The van der Waals surface area contributed by atoms with E-state index in [0.717, 1.165) is 59.2 Å². The number of nitrogens with zero attached hydrogens (tertiary/aromatic N) is 2. The first kappa shape index (κ1) is 38.1. The van der Waals surface area contributed by atoms with Crippen molar-refractivity contribution in [3.8, 4) is 21.7 Å². The number of benzene rings is 2. The van der Waals surface area contributed by atoms with Crippen molar-refractivity contribution in [3.05, 3.63) is 104 Å². The zero-order chi connectivity index (χ0) is 39.2. The van der Waals surface area contributed by atoms with Crippen molar-refractivity contribution in [2.45, 2.75) is 78.2 Å². The predicted octanol–water partition coefficient (Wildman–Crippen LogP) is 9.81. The molecular formula is C46H46FN3O4S2. The molecule has 2 amide bonds. The summed E-state index contributed by atoms with van der Waals surface area (Å²) in [6.45, 7) is 6.19. The van der Waals surface area contributed by atoms with Crippen LogP contribution in [0.4, 0.5) is 10.1 Å². The summed E-state index contributed by atoms with van der Waals surface area (Å²) in [6.07, 6.45) is 16.7. The number of thiazole rings is 1. The molecule has 0 spiro atoms. The van der Waals surface area contributed by atoms with E-state index in [1.54, 1.807) is 44.5 Å².